The van der Waals surface area contributed by atoms with E-state index in [0.717, 1.165) is 0 Å². The molecule has 0 aromatic rings. The Bertz CT molecular complexity index is 64.0. The summed E-state index contributed by atoms with van der Waals surface area (Å²) in [6, 6.07) is 0. The normalized spacial score (nSPS) is 8.29. The van der Waals surface area contributed by atoms with Gasteiger partial charge in [-0.1, -0.05) is 0 Å². The molecule has 0 bridgehead atoms. The van der Waals surface area contributed by atoms with Gasteiger partial charge in [-0.15, -0.1) is 0 Å². The van der Waals surface area contributed by atoms with Gasteiger partial charge in [0.15, 0.2) is 0 Å². The first-order chi connectivity index (χ1) is 3.31. The third kappa shape index (κ3) is 3.21. The molecule has 0 atom stereocenters. The van der Waals surface area contributed by atoms with Crippen LogP contribution in [0.2, 0.25) is 0 Å². The van der Waals surface area contributed by atoms with Crippen LogP contribution < -0.4 is 11.3 Å². The van der Waals surface area contributed by atoms with Gasteiger partial charge in [-0.05, 0) is 0 Å². The Kier molecular flexibility index (Phi) is 3.26. The molecule has 0 spiro atoms. The van der Waals surface area contributed by atoms with Crippen LogP contribution >= 0.6 is 0 Å². The van der Waals surface area contributed by atoms with Crippen LogP contribution in [-0.2, 0) is 9.53 Å². The number of methoxy groups -OCH3 is 1. The van der Waals surface area contributed by atoms with Crippen molar-refractivity contribution in [3.05, 3.63) is 0 Å². The van der Waals surface area contributed by atoms with Gasteiger partial charge in [-0.3, -0.25) is 10.6 Å². The number of nitrogens with one attached hydrogen (secondary N) is 1. The highest BCUT2D eigenvalue weighted by Gasteiger charge is 1.92. The van der Waals surface area contributed by atoms with Crippen molar-refractivity contribution < 1.29 is 9.53 Å². The van der Waals surface area contributed by atoms with Gasteiger partial charge in [-0.25, -0.2) is 5.43 Å². The van der Waals surface area contributed by atoms with Crippen molar-refractivity contribution in [2.75, 3.05) is 13.7 Å². The Morgan fingerprint density at radius 3 is 2.71 bits per heavy atom. The molecule has 0 saturated heterocycles. The van der Waals surface area contributed by atoms with Crippen LogP contribution in [0.15, 0.2) is 0 Å². The summed E-state index contributed by atoms with van der Waals surface area (Å²) in [4.78, 5) is 10.0. The molecule has 0 aliphatic heterocycles. The van der Waals surface area contributed by atoms with E-state index in [4.69, 9.17) is 5.84 Å². The van der Waals surface area contributed by atoms with Gasteiger partial charge < -0.3 is 4.74 Å². The second-order valence-electron chi connectivity index (χ2n) is 0.957. The zero-order valence-corrected chi connectivity index (χ0v) is 4.10. The summed E-state index contributed by atoms with van der Waals surface area (Å²) >= 11 is 0. The first-order valence-electron chi connectivity index (χ1n) is 1.81. The van der Waals surface area contributed by atoms with E-state index in [9.17, 15) is 4.79 Å². The minimum atomic E-state index is -0.359. The maximum Gasteiger partial charge on any atom is 0.321 e. The predicted octanol–water partition coefficient (Wildman–Crippen LogP) is -1.38. The van der Waals surface area contributed by atoms with Crippen molar-refractivity contribution in [1.82, 2.24) is 5.43 Å². The van der Waals surface area contributed by atoms with E-state index in [1.807, 2.05) is 0 Å². The minimum absolute atomic E-state index is 0.0660. The lowest BCUT2D eigenvalue weighted by atomic mass is 10.7. The van der Waals surface area contributed by atoms with E-state index < -0.39 is 0 Å². The standard InChI is InChI=1S/C3H8N2O2/c1-7-3(6)2-5-4/h5H,2,4H2,1H3. The quantitative estimate of drug-likeness (QED) is 0.257. The summed E-state index contributed by atoms with van der Waals surface area (Å²) < 4.78 is 4.21. The van der Waals surface area contributed by atoms with E-state index in [0.29, 0.717) is 0 Å². The lowest BCUT2D eigenvalue weighted by Gasteiger charge is -1.93. The van der Waals surface area contributed by atoms with Crippen LogP contribution in [0.5, 0.6) is 0 Å². The van der Waals surface area contributed by atoms with E-state index in [1.54, 1.807) is 0 Å². The highest BCUT2D eigenvalue weighted by atomic mass is 16.5. The number of hydrogen-bond donors (Lipinski definition) is 2. The molecule has 0 radical (unpaired) electrons. The minimum Gasteiger partial charge on any atom is -0.468 e. The molecular weight excluding hydrogens is 96.0 g/mol. The first kappa shape index (κ1) is 6.39. The van der Waals surface area contributed by atoms with Crippen LogP contribution in [0.1, 0.15) is 0 Å². The van der Waals surface area contributed by atoms with E-state index >= 15 is 0 Å². The summed E-state index contributed by atoms with van der Waals surface area (Å²) in [5.41, 5.74) is 2.14. The number of ether oxygens (including phenoxy) is 1. The highest BCUT2D eigenvalue weighted by molar-refractivity contribution is 5.71. The van der Waals surface area contributed by atoms with Gasteiger partial charge in [0, 0.05) is 0 Å². The van der Waals surface area contributed by atoms with Crippen molar-refractivity contribution >= 4 is 5.97 Å². The molecule has 0 fully saturated rings. The first-order valence-corrected chi connectivity index (χ1v) is 1.81. The maximum atomic E-state index is 10.0. The average Bonchev–Trinajstić information content (AvgIpc) is 1.68. The molecule has 4 heteroatoms. The van der Waals surface area contributed by atoms with E-state index in [-0.39, 0.29) is 12.5 Å². The molecule has 0 aromatic carbocycles. The van der Waals surface area contributed by atoms with Gasteiger partial charge in [0.1, 0.15) is 6.54 Å². The topological polar surface area (TPSA) is 64.3 Å². The Morgan fingerprint density at radius 2 is 2.57 bits per heavy atom. The molecule has 42 valence electrons. The zero-order chi connectivity index (χ0) is 5.70. The second kappa shape index (κ2) is 3.58. The molecule has 0 rings (SSSR count). The Balaban J connectivity index is 3.00. The summed E-state index contributed by atoms with van der Waals surface area (Å²) in [7, 11) is 1.31. The number of carbonyl (C=O) groups is 1. The monoisotopic (exact) mass is 104 g/mol. The lowest BCUT2D eigenvalue weighted by molar-refractivity contribution is -0.139. The van der Waals surface area contributed by atoms with Gasteiger partial charge >= 0.3 is 5.97 Å². The number of hydrogen-bond acceptors (Lipinski definition) is 4. The van der Waals surface area contributed by atoms with Crippen LogP contribution in [0.3, 0.4) is 0 Å². The SMILES string of the molecule is COC(=O)CNN. The summed E-state index contributed by atoms with van der Waals surface area (Å²) in [5.74, 6) is 4.40. The predicted molar refractivity (Wildman–Crippen MR) is 24.2 cm³/mol. The Morgan fingerprint density at radius 1 is 2.00 bits per heavy atom. The molecule has 0 unspecified atom stereocenters. The summed E-state index contributed by atoms with van der Waals surface area (Å²) in [6.07, 6.45) is 0. The number of hydrazine groups is 1. The van der Waals surface area contributed by atoms with E-state index in [1.165, 1.54) is 7.11 Å². The van der Waals surface area contributed by atoms with Crippen LogP contribution in [0.25, 0.3) is 0 Å². The number of rotatable bonds is 2. The fourth-order valence-electron chi connectivity index (χ4n) is 0.156. The van der Waals surface area contributed by atoms with Crippen molar-refractivity contribution in [1.29, 1.82) is 0 Å². The van der Waals surface area contributed by atoms with Crippen LogP contribution in [0, 0.1) is 0 Å². The molecule has 0 saturated carbocycles. The molecule has 0 aromatic heterocycles. The van der Waals surface area contributed by atoms with Crippen LogP contribution in [-0.4, -0.2) is 19.6 Å². The fraction of sp³-hybridized carbons (Fsp3) is 0.667. The van der Waals surface area contributed by atoms with Gasteiger partial charge in [0.25, 0.3) is 0 Å². The zero-order valence-electron chi connectivity index (χ0n) is 4.10. The number of carbonyl (C=O) groups excluding carboxylic acids is 1. The number of nitrogens with two attached hydrogens (primary N) is 1. The van der Waals surface area contributed by atoms with Gasteiger partial charge in [0.05, 0.1) is 7.11 Å². The molecule has 0 amide bonds. The highest BCUT2D eigenvalue weighted by Crippen LogP contribution is 1.63. The summed E-state index contributed by atoms with van der Waals surface area (Å²) in [5, 5.41) is 0. The van der Waals surface area contributed by atoms with Gasteiger partial charge in [0.2, 0.25) is 0 Å². The molecular formula is C3H8N2O2. The van der Waals surface area contributed by atoms with Gasteiger partial charge in [-0.2, -0.15) is 0 Å². The summed E-state index contributed by atoms with van der Waals surface area (Å²) in [6.45, 7) is 0.0660. The fourth-order valence-corrected chi connectivity index (χ4v) is 0.156. The van der Waals surface area contributed by atoms with E-state index in [2.05, 4.69) is 10.2 Å². The van der Waals surface area contributed by atoms with Crippen molar-refractivity contribution in [2.45, 2.75) is 0 Å². The third-order valence-corrected chi connectivity index (χ3v) is 0.474. The Labute approximate surface area is 41.6 Å². The smallest absolute Gasteiger partial charge is 0.321 e. The van der Waals surface area contributed by atoms with Crippen molar-refractivity contribution in [3.8, 4) is 0 Å². The largest absolute Gasteiger partial charge is 0.468 e. The average molecular weight is 104 g/mol. The molecule has 7 heavy (non-hydrogen) atoms. The molecule has 3 N–H and O–H groups in total. The third-order valence-electron chi connectivity index (χ3n) is 0.474. The molecule has 4 nitrogen and oxygen atoms in total. The van der Waals surface area contributed by atoms with Crippen molar-refractivity contribution in [2.24, 2.45) is 5.84 Å². The Hall–Kier alpha value is -0.610. The molecule has 0 aliphatic rings. The number of esters is 1. The molecule has 0 aliphatic carbocycles. The maximum absolute atomic E-state index is 10.0. The molecule has 0 heterocycles. The van der Waals surface area contributed by atoms with Crippen LogP contribution in [0.4, 0.5) is 0 Å². The van der Waals surface area contributed by atoms with Crippen molar-refractivity contribution in [3.63, 3.8) is 0 Å². The second-order valence-corrected chi connectivity index (χ2v) is 0.957. The lowest BCUT2D eigenvalue weighted by Crippen LogP contribution is -2.29.